The minimum absolute atomic E-state index is 0.0443. The van der Waals surface area contributed by atoms with Crippen LogP contribution in [0.2, 0.25) is 0 Å². The Morgan fingerprint density at radius 2 is 2.07 bits per heavy atom. The van der Waals surface area contributed by atoms with Crippen molar-refractivity contribution in [1.82, 2.24) is 10.6 Å². The van der Waals surface area contributed by atoms with E-state index in [1.54, 1.807) is 24.3 Å². The van der Waals surface area contributed by atoms with Crippen LogP contribution in [-0.2, 0) is 14.3 Å². The molecular formula is C21H27N3O4. The van der Waals surface area contributed by atoms with E-state index < -0.39 is 0 Å². The number of carbonyl (C=O) groups is 2. The first kappa shape index (κ1) is 21.5. The molecule has 0 aromatic heterocycles. The quantitative estimate of drug-likeness (QED) is 0.500. The highest BCUT2D eigenvalue weighted by Gasteiger charge is 2.16. The second-order valence-corrected chi connectivity index (χ2v) is 7.07. The van der Waals surface area contributed by atoms with E-state index in [0.717, 1.165) is 19.4 Å². The van der Waals surface area contributed by atoms with Crippen molar-refractivity contribution in [2.75, 3.05) is 26.3 Å². The number of nitriles is 1. The third kappa shape index (κ3) is 7.41. The minimum atomic E-state index is -0.389. The Balaban J connectivity index is 1.82. The first-order valence-corrected chi connectivity index (χ1v) is 9.49. The predicted octanol–water partition coefficient (Wildman–Crippen LogP) is 2.04. The lowest BCUT2D eigenvalue weighted by atomic mass is 10.1. The summed E-state index contributed by atoms with van der Waals surface area (Å²) in [4.78, 5) is 23.8. The molecule has 2 rings (SSSR count). The number of amides is 2. The van der Waals surface area contributed by atoms with Crippen molar-refractivity contribution < 1.29 is 19.1 Å². The largest absolute Gasteiger partial charge is 0.484 e. The smallest absolute Gasteiger partial charge is 0.261 e. The molecular weight excluding hydrogens is 358 g/mol. The highest BCUT2D eigenvalue weighted by Crippen LogP contribution is 2.15. The normalized spacial score (nSPS) is 16.5. The number of carbonyl (C=O) groups excluding carboxylic acids is 2. The summed E-state index contributed by atoms with van der Waals surface area (Å²) in [7, 11) is 0. The van der Waals surface area contributed by atoms with Gasteiger partial charge >= 0.3 is 0 Å². The molecule has 1 aliphatic rings. The van der Waals surface area contributed by atoms with Gasteiger partial charge in [0, 0.05) is 19.7 Å². The summed E-state index contributed by atoms with van der Waals surface area (Å²) in [6.45, 7) is 5.66. The molecule has 0 unspecified atom stereocenters. The van der Waals surface area contributed by atoms with Crippen LogP contribution in [0.3, 0.4) is 0 Å². The van der Waals surface area contributed by atoms with E-state index in [1.165, 1.54) is 6.08 Å². The molecule has 1 heterocycles. The molecule has 1 aliphatic heterocycles. The monoisotopic (exact) mass is 385 g/mol. The van der Waals surface area contributed by atoms with Gasteiger partial charge in [-0.3, -0.25) is 9.59 Å². The van der Waals surface area contributed by atoms with Gasteiger partial charge in [-0.15, -0.1) is 0 Å². The molecule has 0 spiro atoms. The van der Waals surface area contributed by atoms with Crippen molar-refractivity contribution in [3.63, 3.8) is 0 Å². The summed E-state index contributed by atoms with van der Waals surface area (Å²) in [5, 5.41) is 14.7. The van der Waals surface area contributed by atoms with E-state index in [4.69, 9.17) is 9.47 Å². The van der Waals surface area contributed by atoms with Gasteiger partial charge in [0.05, 0.1) is 6.10 Å². The van der Waals surface area contributed by atoms with Gasteiger partial charge in [-0.25, -0.2) is 0 Å². The van der Waals surface area contributed by atoms with Crippen LogP contribution in [0.5, 0.6) is 5.75 Å². The first-order valence-electron chi connectivity index (χ1n) is 9.49. The molecule has 7 nitrogen and oxygen atoms in total. The van der Waals surface area contributed by atoms with Crippen molar-refractivity contribution in [1.29, 1.82) is 5.26 Å². The van der Waals surface area contributed by atoms with Crippen molar-refractivity contribution in [3.05, 3.63) is 35.4 Å². The molecule has 28 heavy (non-hydrogen) atoms. The van der Waals surface area contributed by atoms with E-state index >= 15 is 0 Å². The van der Waals surface area contributed by atoms with Gasteiger partial charge in [-0.2, -0.15) is 5.26 Å². The number of nitrogens with one attached hydrogen (secondary N) is 2. The molecule has 0 bridgehead atoms. The standard InChI is InChI=1S/C21H27N3O4/c1-15(2)12-24-21(26)17(11-22)10-16-5-7-18(8-6-16)28-14-20(25)23-13-19-4-3-9-27-19/h5-8,10,15,19H,3-4,9,12-14H2,1-2H3,(H,23,25)(H,24,26)/b17-10+/t19-/m0/s1. The van der Waals surface area contributed by atoms with Gasteiger partial charge in [0.2, 0.25) is 0 Å². The SMILES string of the molecule is CC(C)CNC(=O)/C(C#N)=C/c1ccc(OCC(=O)NC[C@@H]2CCCO2)cc1. The fourth-order valence-electron chi connectivity index (χ4n) is 2.60. The van der Waals surface area contributed by atoms with E-state index in [2.05, 4.69) is 10.6 Å². The van der Waals surface area contributed by atoms with Crippen LogP contribution < -0.4 is 15.4 Å². The molecule has 1 fully saturated rings. The highest BCUT2D eigenvalue weighted by atomic mass is 16.5. The van der Waals surface area contributed by atoms with Crippen LogP contribution in [0.15, 0.2) is 29.8 Å². The summed E-state index contributed by atoms with van der Waals surface area (Å²) in [5.41, 5.74) is 0.745. The number of rotatable bonds is 9. The highest BCUT2D eigenvalue weighted by molar-refractivity contribution is 6.01. The lowest BCUT2D eigenvalue weighted by Gasteiger charge is -2.11. The van der Waals surface area contributed by atoms with Crippen LogP contribution in [0.4, 0.5) is 0 Å². The fourth-order valence-corrected chi connectivity index (χ4v) is 2.60. The lowest BCUT2D eigenvalue weighted by molar-refractivity contribution is -0.123. The minimum Gasteiger partial charge on any atom is -0.484 e. The fraction of sp³-hybridized carbons (Fsp3) is 0.476. The van der Waals surface area contributed by atoms with Crippen molar-refractivity contribution in [2.24, 2.45) is 5.92 Å². The average Bonchev–Trinajstić information content (AvgIpc) is 3.21. The third-order valence-electron chi connectivity index (χ3n) is 4.15. The maximum Gasteiger partial charge on any atom is 0.261 e. The second kappa shape index (κ2) is 11.1. The Bertz CT molecular complexity index is 729. The topological polar surface area (TPSA) is 100 Å². The average molecular weight is 385 g/mol. The Labute approximate surface area is 165 Å². The summed E-state index contributed by atoms with van der Waals surface area (Å²) < 4.78 is 10.9. The summed E-state index contributed by atoms with van der Waals surface area (Å²) in [6, 6.07) is 8.77. The van der Waals surface area contributed by atoms with Crippen LogP contribution in [0.25, 0.3) is 6.08 Å². The van der Waals surface area contributed by atoms with Crippen molar-refractivity contribution >= 4 is 17.9 Å². The molecule has 1 aromatic carbocycles. The third-order valence-corrected chi connectivity index (χ3v) is 4.15. The molecule has 0 radical (unpaired) electrons. The molecule has 150 valence electrons. The lowest BCUT2D eigenvalue weighted by Crippen LogP contribution is -2.35. The van der Waals surface area contributed by atoms with E-state index in [1.807, 2.05) is 19.9 Å². The first-order chi connectivity index (χ1) is 13.5. The Kier molecular flexibility index (Phi) is 8.50. The second-order valence-electron chi connectivity index (χ2n) is 7.07. The number of hydrogen-bond acceptors (Lipinski definition) is 5. The van der Waals surface area contributed by atoms with Crippen molar-refractivity contribution in [3.8, 4) is 11.8 Å². The predicted molar refractivity (Wildman–Crippen MR) is 105 cm³/mol. The van der Waals surface area contributed by atoms with E-state index in [9.17, 15) is 14.9 Å². The molecule has 0 aliphatic carbocycles. The maximum absolute atomic E-state index is 12.0. The van der Waals surface area contributed by atoms with Gasteiger partial charge in [0.1, 0.15) is 17.4 Å². The van der Waals surface area contributed by atoms with Crippen molar-refractivity contribution in [2.45, 2.75) is 32.8 Å². The summed E-state index contributed by atoms with van der Waals surface area (Å²) >= 11 is 0. The molecule has 7 heteroatoms. The van der Waals surface area contributed by atoms with E-state index in [0.29, 0.717) is 30.3 Å². The zero-order chi connectivity index (χ0) is 20.4. The van der Waals surface area contributed by atoms with Crippen LogP contribution in [-0.4, -0.2) is 44.2 Å². The van der Waals surface area contributed by atoms with Crippen LogP contribution >= 0.6 is 0 Å². The Morgan fingerprint density at radius 3 is 2.68 bits per heavy atom. The molecule has 1 saturated heterocycles. The maximum atomic E-state index is 12.0. The molecule has 1 aromatic rings. The summed E-state index contributed by atoms with van der Waals surface area (Å²) in [6.07, 6.45) is 3.62. The number of benzene rings is 1. The number of ether oxygens (including phenoxy) is 2. The molecule has 2 N–H and O–H groups in total. The molecule has 2 amide bonds. The zero-order valence-corrected chi connectivity index (χ0v) is 16.4. The molecule has 1 atom stereocenters. The van der Waals surface area contributed by atoms with Gasteiger partial charge in [0.15, 0.2) is 6.61 Å². The van der Waals surface area contributed by atoms with Gasteiger partial charge in [0.25, 0.3) is 11.8 Å². The Morgan fingerprint density at radius 1 is 1.32 bits per heavy atom. The summed E-state index contributed by atoms with van der Waals surface area (Å²) in [5.74, 6) is 0.253. The molecule has 0 saturated carbocycles. The number of hydrogen-bond donors (Lipinski definition) is 2. The van der Waals surface area contributed by atoms with Crippen LogP contribution in [0.1, 0.15) is 32.3 Å². The zero-order valence-electron chi connectivity index (χ0n) is 16.4. The number of nitrogens with zero attached hydrogens (tertiary/aromatic N) is 1. The van der Waals surface area contributed by atoms with Gasteiger partial charge in [-0.05, 0) is 42.5 Å². The van der Waals surface area contributed by atoms with Gasteiger partial charge in [-0.1, -0.05) is 26.0 Å². The Hall–Kier alpha value is -2.85. The van der Waals surface area contributed by atoms with E-state index in [-0.39, 0.29) is 30.1 Å². The van der Waals surface area contributed by atoms with Crippen LogP contribution in [0, 0.1) is 17.2 Å². The van der Waals surface area contributed by atoms with Gasteiger partial charge < -0.3 is 20.1 Å².